The first kappa shape index (κ1) is 20.9. The lowest BCUT2D eigenvalue weighted by Crippen LogP contribution is -2.06. The Morgan fingerprint density at radius 3 is 1.77 bits per heavy atom. The van der Waals surface area contributed by atoms with Gasteiger partial charge in [0, 0.05) is 0 Å². The molecule has 0 unspecified atom stereocenters. The van der Waals surface area contributed by atoms with E-state index >= 15 is 0 Å². The van der Waals surface area contributed by atoms with Gasteiger partial charge in [-0.1, -0.05) is 36.4 Å². The molecule has 0 aliphatic carbocycles. The van der Waals surface area contributed by atoms with Gasteiger partial charge in [0.1, 0.15) is 13.2 Å². The maximum absolute atomic E-state index is 12.3. The fraction of sp³-hybridized carbons (Fsp3) is 0.167. The van der Waals surface area contributed by atoms with Crippen molar-refractivity contribution in [3.8, 4) is 11.5 Å². The minimum absolute atomic E-state index is 0.110. The van der Waals surface area contributed by atoms with Gasteiger partial charge < -0.3 is 18.9 Å². The predicted octanol–water partition coefficient (Wildman–Crippen LogP) is 4.42. The first-order valence-corrected chi connectivity index (χ1v) is 9.30. The van der Waals surface area contributed by atoms with Gasteiger partial charge in [-0.15, -0.1) is 0 Å². The number of carbonyl (C=O) groups excluding carboxylic acids is 2. The largest absolute Gasteiger partial charge is 0.493 e. The van der Waals surface area contributed by atoms with Gasteiger partial charge in [0.15, 0.2) is 11.5 Å². The number of hydrogen-bond donors (Lipinski definition) is 0. The Hall–Kier alpha value is -3.80. The molecule has 6 heteroatoms. The van der Waals surface area contributed by atoms with Gasteiger partial charge in [-0.25, -0.2) is 9.59 Å². The molecule has 0 fully saturated rings. The van der Waals surface area contributed by atoms with Crippen LogP contribution >= 0.6 is 0 Å². The van der Waals surface area contributed by atoms with Crippen LogP contribution in [0.25, 0.3) is 0 Å². The quantitative estimate of drug-likeness (QED) is 0.516. The molecule has 0 saturated heterocycles. The summed E-state index contributed by atoms with van der Waals surface area (Å²) in [5.41, 5.74) is 2.58. The van der Waals surface area contributed by atoms with Crippen LogP contribution in [0, 0.1) is 0 Å². The summed E-state index contributed by atoms with van der Waals surface area (Å²) in [6.07, 6.45) is 0. The van der Waals surface area contributed by atoms with Crippen LogP contribution in [0.4, 0.5) is 0 Å². The summed E-state index contributed by atoms with van der Waals surface area (Å²) in [7, 11) is 2.92. The zero-order chi connectivity index (χ0) is 21.3. The molecule has 0 heterocycles. The highest BCUT2D eigenvalue weighted by Gasteiger charge is 2.09. The summed E-state index contributed by atoms with van der Waals surface area (Å²) in [6, 6.07) is 21.1. The second-order valence-electron chi connectivity index (χ2n) is 6.40. The Balaban J connectivity index is 1.52. The maximum atomic E-state index is 12.3. The van der Waals surface area contributed by atoms with Gasteiger partial charge in [-0.2, -0.15) is 0 Å². The number of hydrogen-bond acceptors (Lipinski definition) is 6. The van der Waals surface area contributed by atoms with Gasteiger partial charge in [-0.3, -0.25) is 0 Å². The fourth-order valence-corrected chi connectivity index (χ4v) is 2.72. The van der Waals surface area contributed by atoms with Gasteiger partial charge in [-0.05, 0) is 47.5 Å². The van der Waals surface area contributed by atoms with Crippen molar-refractivity contribution in [1.29, 1.82) is 0 Å². The van der Waals surface area contributed by atoms with Crippen molar-refractivity contribution in [2.45, 2.75) is 13.2 Å². The van der Waals surface area contributed by atoms with Crippen molar-refractivity contribution < 1.29 is 28.5 Å². The number of methoxy groups -OCH3 is 2. The van der Waals surface area contributed by atoms with Crippen molar-refractivity contribution in [1.82, 2.24) is 0 Å². The highest BCUT2D eigenvalue weighted by Crippen LogP contribution is 2.26. The standard InChI is InChI=1S/C24H22O6/c1-27-21-5-3-4-6-22(21)29-15-17-9-13-20(14-10-17)24(26)30-16-18-7-11-19(12-8-18)23(25)28-2/h3-14H,15-16H2,1-2H3. The van der Waals surface area contributed by atoms with Crippen molar-refractivity contribution in [3.05, 3.63) is 95.1 Å². The third kappa shape index (κ3) is 5.38. The molecule has 0 N–H and O–H groups in total. The zero-order valence-electron chi connectivity index (χ0n) is 16.8. The molecule has 3 aromatic rings. The SMILES string of the molecule is COC(=O)c1ccc(COC(=O)c2ccc(COc3ccccc3OC)cc2)cc1. The Morgan fingerprint density at radius 1 is 0.667 bits per heavy atom. The lowest BCUT2D eigenvalue weighted by Gasteiger charge is -2.10. The van der Waals surface area contributed by atoms with Crippen molar-refractivity contribution in [3.63, 3.8) is 0 Å². The molecule has 0 saturated carbocycles. The Labute approximate surface area is 175 Å². The van der Waals surface area contributed by atoms with Crippen LogP contribution in [0.15, 0.2) is 72.8 Å². The van der Waals surface area contributed by atoms with E-state index in [9.17, 15) is 9.59 Å². The van der Waals surface area contributed by atoms with E-state index < -0.39 is 11.9 Å². The molecule has 0 amide bonds. The van der Waals surface area contributed by atoms with Crippen LogP contribution < -0.4 is 9.47 Å². The molecule has 0 aliphatic heterocycles. The monoisotopic (exact) mass is 406 g/mol. The van der Waals surface area contributed by atoms with E-state index in [0.29, 0.717) is 29.2 Å². The maximum Gasteiger partial charge on any atom is 0.338 e. The lowest BCUT2D eigenvalue weighted by atomic mass is 10.1. The number of esters is 2. The normalized spacial score (nSPS) is 10.2. The first-order valence-electron chi connectivity index (χ1n) is 9.30. The van der Waals surface area contributed by atoms with E-state index in [1.807, 2.05) is 36.4 Å². The number of ether oxygens (including phenoxy) is 4. The smallest absolute Gasteiger partial charge is 0.338 e. The summed E-state index contributed by atoms with van der Waals surface area (Å²) in [5.74, 6) is 0.483. The van der Waals surface area contributed by atoms with E-state index in [2.05, 4.69) is 4.74 Å². The van der Waals surface area contributed by atoms with Crippen molar-refractivity contribution in [2.24, 2.45) is 0 Å². The van der Waals surface area contributed by atoms with Gasteiger partial charge >= 0.3 is 11.9 Å². The first-order chi connectivity index (χ1) is 14.6. The number of rotatable bonds is 8. The fourth-order valence-electron chi connectivity index (χ4n) is 2.72. The average molecular weight is 406 g/mol. The van der Waals surface area contributed by atoms with Crippen molar-refractivity contribution in [2.75, 3.05) is 14.2 Å². The molecule has 0 spiro atoms. The van der Waals surface area contributed by atoms with Crippen LogP contribution in [0.5, 0.6) is 11.5 Å². The van der Waals surface area contributed by atoms with Crippen molar-refractivity contribution >= 4 is 11.9 Å². The predicted molar refractivity (Wildman–Crippen MR) is 111 cm³/mol. The minimum atomic E-state index is -0.427. The molecule has 154 valence electrons. The van der Waals surface area contributed by atoms with Gasteiger partial charge in [0.05, 0.1) is 25.3 Å². The lowest BCUT2D eigenvalue weighted by molar-refractivity contribution is 0.0471. The van der Waals surface area contributed by atoms with E-state index in [1.54, 1.807) is 43.5 Å². The molecule has 0 atom stereocenters. The highest BCUT2D eigenvalue weighted by atomic mass is 16.5. The summed E-state index contributed by atoms with van der Waals surface area (Å²) >= 11 is 0. The molecule has 3 rings (SSSR count). The molecule has 6 nitrogen and oxygen atoms in total. The Kier molecular flexibility index (Phi) is 7.05. The summed E-state index contributed by atoms with van der Waals surface area (Å²) in [4.78, 5) is 23.7. The average Bonchev–Trinajstić information content (AvgIpc) is 2.81. The molecule has 0 aliphatic rings. The molecule has 3 aromatic carbocycles. The third-order valence-corrected chi connectivity index (χ3v) is 4.40. The van der Waals surface area contributed by atoms with E-state index in [4.69, 9.17) is 14.2 Å². The number of carbonyl (C=O) groups is 2. The van der Waals surface area contributed by atoms with E-state index in [-0.39, 0.29) is 6.61 Å². The molecular formula is C24H22O6. The van der Waals surface area contributed by atoms with E-state index in [0.717, 1.165) is 11.1 Å². The summed E-state index contributed by atoms with van der Waals surface area (Å²) in [5, 5.41) is 0. The van der Waals surface area contributed by atoms with Crippen LogP contribution in [0.2, 0.25) is 0 Å². The van der Waals surface area contributed by atoms with Gasteiger partial charge in [0.25, 0.3) is 0 Å². The van der Waals surface area contributed by atoms with Crippen LogP contribution in [0.3, 0.4) is 0 Å². The minimum Gasteiger partial charge on any atom is -0.493 e. The molecular weight excluding hydrogens is 384 g/mol. The van der Waals surface area contributed by atoms with Crippen LogP contribution in [0.1, 0.15) is 31.8 Å². The zero-order valence-corrected chi connectivity index (χ0v) is 16.8. The number of benzene rings is 3. The summed E-state index contributed by atoms with van der Waals surface area (Å²) in [6.45, 7) is 0.460. The van der Waals surface area contributed by atoms with Crippen LogP contribution in [-0.2, 0) is 22.7 Å². The van der Waals surface area contributed by atoms with Gasteiger partial charge in [0.2, 0.25) is 0 Å². The van der Waals surface area contributed by atoms with E-state index in [1.165, 1.54) is 7.11 Å². The van der Waals surface area contributed by atoms with Crippen LogP contribution in [-0.4, -0.2) is 26.2 Å². The summed E-state index contributed by atoms with van der Waals surface area (Å²) < 4.78 is 21.0. The second-order valence-corrected chi connectivity index (χ2v) is 6.40. The second kappa shape index (κ2) is 10.1. The number of para-hydroxylation sites is 2. The molecule has 0 bridgehead atoms. The topological polar surface area (TPSA) is 71.1 Å². The third-order valence-electron chi connectivity index (χ3n) is 4.40. The molecule has 0 radical (unpaired) electrons. The Bertz CT molecular complexity index is 993. The molecule has 30 heavy (non-hydrogen) atoms. The highest BCUT2D eigenvalue weighted by molar-refractivity contribution is 5.90. The molecule has 0 aromatic heterocycles. The Morgan fingerprint density at radius 2 is 1.20 bits per heavy atom.